The highest BCUT2D eigenvalue weighted by Crippen LogP contribution is 2.30. The Bertz CT molecular complexity index is 940. The molecule has 0 atom stereocenters. The maximum Gasteiger partial charge on any atom is 0.282 e. The highest BCUT2D eigenvalue weighted by molar-refractivity contribution is 7.11. The highest BCUT2D eigenvalue weighted by Gasteiger charge is 2.38. The third kappa shape index (κ3) is 4.45. The molecule has 2 fully saturated rings. The lowest BCUT2D eigenvalue weighted by Crippen LogP contribution is -2.64. The van der Waals surface area contributed by atoms with E-state index >= 15 is 0 Å². The van der Waals surface area contributed by atoms with Gasteiger partial charge in [-0.15, -0.1) is 11.3 Å². The Labute approximate surface area is 187 Å². The normalized spacial score (nSPS) is 18.1. The van der Waals surface area contributed by atoms with Gasteiger partial charge in [-0.1, -0.05) is 26.8 Å². The van der Waals surface area contributed by atoms with Crippen molar-refractivity contribution in [1.29, 1.82) is 0 Å². The molecular formula is C23H30N4O3S. The first-order valence-electron chi connectivity index (χ1n) is 10.7. The van der Waals surface area contributed by atoms with E-state index in [1.54, 1.807) is 13.3 Å². The standard InChI is InChI=1S/C23H30N4O3S/c1-23(2,3)16-5-6-19(30-4)18(13-16)21(28)27-14-17(15-27)25-8-10-26(11-9-25)22(29)20-24-7-12-31-20/h5-7,12-13,17H,8-11,14-15H2,1-4H3. The molecule has 0 saturated carbocycles. The number of likely N-dealkylation sites (tertiary alicyclic amines) is 1. The van der Waals surface area contributed by atoms with E-state index < -0.39 is 0 Å². The van der Waals surface area contributed by atoms with E-state index in [1.807, 2.05) is 33.4 Å². The van der Waals surface area contributed by atoms with E-state index in [0.29, 0.717) is 48.5 Å². The van der Waals surface area contributed by atoms with E-state index in [2.05, 4.69) is 30.7 Å². The molecule has 3 heterocycles. The van der Waals surface area contributed by atoms with Crippen LogP contribution in [0.15, 0.2) is 29.8 Å². The summed E-state index contributed by atoms with van der Waals surface area (Å²) in [5.74, 6) is 0.665. The van der Waals surface area contributed by atoms with E-state index in [9.17, 15) is 9.59 Å². The Morgan fingerprint density at radius 3 is 2.35 bits per heavy atom. The largest absolute Gasteiger partial charge is 0.496 e. The number of hydrogen-bond acceptors (Lipinski definition) is 6. The van der Waals surface area contributed by atoms with E-state index in [4.69, 9.17) is 4.74 Å². The summed E-state index contributed by atoms with van der Waals surface area (Å²) in [5, 5.41) is 2.38. The summed E-state index contributed by atoms with van der Waals surface area (Å²) < 4.78 is 5.46. The predicted molar refractivity (Wildman–Crippen MR) is 121 cm³/mol. The highest BCUT2D eigenvalue weighted by atomic mass is 32.1. The summed E-state index contributed by atoms with van der Waals surface area (Å²) in [6.45, 7) is 10.9. The van der Waals surface area contributed by atoms with Gasteiger partial charge in [0.25, 0.3) is 11.8 Å². The summed E-state index contributed by atoms with van der Waals surface area (Å²) in [6, 6.07) is 6.24. The lowest BCUT2D eigenvalue weighted by Gasteiger charge is -2.48. The van der Waals surface area contributed by atoms with Gasteiger partial charge in [-0.05, 0) is 23.1 Å². The molecule has 8 heteroatoms. The van der Waals surface area contributed by atoms with Crippen molar-refractivity contribution in [2.75, 3.05) is 46.4 Å². The molecule has 2 aliphatic heterocycles. The molecule has 2 aliphatic rings. The summed E-state index contributed by atoms with van der Waals surface area (Å²) in [6.07, 6.45) is 1.67. The van der Waals surface area contributed by atoms with Gasteiger partial charge in [0.15, 0.2) is 5.01 Å². The number of piperazine rings is 1. The molecule has 0 unspecified atom stereocenters. The maximum atomic E-state index is 13.2. The number of hydrogen-bond donors (Lipinski definition) is 0. The zero-order chi connectivity index (χ0) is 22.2. The molecule has 0 spiro atoms. The van der Waals surface area contributed by atoms with Crippen molar-refractivity contribution in [3.8, 4) is 5.75 Å². The van der Waals surface area contributed by atoms with Crippen molar-refractivity contribution in [3.63, 3.8) is 0 Å². The number of methoxy groups -OCH3 is 1. The molecule has 1 aromatic carbocycles. The average molecular weight is 443 g/mol. The minimum Gasteiger partial charge on any atom is -0.496 e. The van der Waals surface area contributed by atoms with Gasteiger partial charge in [0.2, 0.25) is 0 Å². The number of benzene rings is 1. The van der Waals surface area contributed by atoms with Gasteiger partial charge >= 0.3 is 0 Å². The molecule has 2 saturated heterocycles. The number of carbonyl (C=O) groups excluding carboxylic acids is 2. The zero-order valence-corrected chi connectivity index (χ0v) is 19.4. The lowest BCUT2D eigenvalue weighted by molar-refractivity contribution is 0.00838. The zero-order valence-electron chi connectivity index (χ0n) is 18.6. The molecule has 0 radical (unpaired) electrons. The van der Waals surface area contributed by atoms with Crippen LogP contribution < -0.4 is 4.74 Å². The molecule has 2 amide bonds. The molecule has 31 heavy (non-hydrogen) atoms. The van der Waals surface area contributed by atoms with Crippen LogP contribution in [0, 0.1) is 0 Å². The van der Waals surface area contributed by atoms with Crippen molar-refractivity contribution in [1.82, 2.24) is 19.7 Å². The molecule has 4 rings (SSSR count). The van der Waals surface area contributed by atoms with Crippen LogP contribution in [0.3, 0.4) is 0 Å². The van der Waals surface area contributed by atoms with Crippen LogP contribution in [0.5, 0.6) is 5.75 Å². The Hall–Kier alpha value is -2.45. The van der Waals surface area contributed by atoms with Crippen LogP contribution in [0.4, 0.5) is 0 Å². The Kier molecular flexibility index (Phi) is 6.03. The second-order valence-electron chi connectivity index (χ2n) is 9.19. The fourth-order valence-corrected chi connectivity index (χ4v) is 4.72. The van der Waals surface area contributed by atoms with Crippen LogP contribution in [0.2, 0.25) is 0 Å². The van der Waals surface area contributed by atoms with E-state index in [-0.39, 0.29) is 17.2 Å². The molecule has 0 N–H and O–H groups in total. The fraction of sp³-hybridized carbons (Fsp3) is 0.522. The molecule has 1 aromatic heterocycles. The minimum atomic E-state index is -0.0332. The monoisotopic (exact) mass is 442 g/mol. The second-order valence-corrected chi connectivity index (χ2v) is 10.1. The molecule has 0 bridgehead atoms. The Morgan fingerprint density at radius 1 is 1.06 bits per heavy atom. The number of aromatic nitrogens is 1. The van der Waals surface area contributed by atoms with Gasteiger partial charge in [-0.2, -0.15) is 0 Å². The first-order valence-corrected chi connectivity index (χ1v) is 11.6. The van der Waals surface area contributed by atoms with Crippen molar-refractivity contribution in [3.05, 3.63) is 45.9 Å². The Morgan fingerprint density at radius 2 is 1.77 bits per heavy atom. The van der Waals surface area contributed by atoms with Crippen molar-refractivity contribution in [2.45, 2.75) is 32.2 Å². The predicted octanol–water partition coefficient (Wildman–Crippen LogP) is 2.73. The molecule has 0 aliphatic carbocycles. The number of amides is 2. The van der Waals surface area contributed by atoms with Crippen molar-refractivity contribution >= 4 is 23.2 Å². The van der Waals surface area contributed by atoms with Crippen LogP contribution in [0.25, 0.3) is 0 Å². The first kappa shape index (κ1) is 21.8. The minimum absolute atomic E-state index is 0.0193. The SMILES string of the molecule is COc1ccc(C(C)(C)C)cc1C(=O)N1CC(N2CCN(C(=O)c3nccs3)CC2)C1. The molecule has 7 nitrogen and oxygen atoms in total. The third-order valence-corrected chi connectivity index (χ3v) is 6.94. The number of rotatable bonds is 4. The number of carbonyl (C=O) groups is 2. The topological polar surface area (TPSA) is 66.0 Å². The van der Waals surface area contributed by atoms with Crippen LogP contribution in [0.1, 0.15) is 46.5 Å². The number of thiazole rings is 1. The Balaban J connectivity index is 1.33. The van der Waals surface area contributed by atoms with Gasteiger partial charge < -0.3 is 14.5 Å². The quantitative estimate of drug-likeness (QED) is 0.729. The van der Waals surface area contributed by atoms with Crippen molar-refractivity contribution in [2.24, 2.45) is 0 Å². The molecule has 166 valence electrons. The number of nitrogens with zero attached hydrogens (tertiary/aromatic N) is 4. The lowest BCUT2D eigenvalue weighted by atomic mass is 9.85. The maximum absolute atomic E-state index is 13.2. The summed E-state index contributed by atoms with van der Waals surface area (Å²) in [4.78, 5) is 35.9. The average Bonchev–Trinajstić information content (AvgIpc) is 3.26. The van der Waals surface area contributed by atoms with E-state index in [1.165, 1.54) is 11.3 Å². The van der Waals surface area contributed by atoms with Gasteiger partial charge in [0.1, 0.15) is 5.75 Å². The first-order chi connectivity index (χ1) is 14.8. The van der Waals surface area contributed by atoms with Crippen LogP contribution in [-0.4, -0.2) is 83.9 Å². The summed E-state index contributed by atoms with van der Waals surface area (Å²) >= 11 is 1.38. The van der Waals surface area contributed by atoms with Gasteiger partial charge in [-0.3, -0.25) is 14.5 Å². The van der Waals surface area contributed by atoms with Crippen LogP contribution in [-0.2, 0) is 5.41 Å². The molecule has 2 aromatic rings. The van der Waals surface area contributed by atoms with Crippen LogP contribution >= 0.6 is 11.3 Å². The summed E-state index contributed by atoms with van der Waals surface area (Å²) in [7, 11) is 1.61. The van der Waals surface area contributed by atoms with Gasteiger partial charge in [-0.25, -0.2) is 4.98 Å². The number of ether oxygens (including phenoxy) is 1. The third-order valence-electron chi connectivity index (χ3n) is 6.18. The van der Waals surface area contributed by atoms with Crippen molar-refractivity contribution < 1.29 is 14.3 Å². The van der Waals surface area contributed by atoms with E-state index in [0.717, 1.165) is 18.7 Å². The van der Waals surface area contributed by atoms with Gasteiger partial charge in [0, 0.05) is 56.9 Å². The molecular weight excluding hydrogens is 412 g/mol. The van der Waals surface area contributed by atoms with Gasteiger partial charge in [0.05, 0.1) is 12.7 Å². The smallest absolute Gasteiger partial charge is 0.282 e. The fourth-order valence-electron chi connectivity index (χ4n) is 4.12. The summed E-state index contributed by atoms with van der Waals surface area (Å²) in [5.41, 5.74) is 1.72. The second kappa shape index (κ2) is 8.59.